The van der Waals surface area contributed by atoms with Crippen molar-refractivity contribution in [2.45, 2.75) is 37.0 Å². The van der Waals surface area contributed by atoms with Gasteiger partial charge >= 0.3 is 0 Å². The molecule has 4 rings (SSSR count). The molecule has 2 aromatic carbocycles. The van der Waals surface area contributed by atoms with Gasteiger partial charge < -0.3 is 15.0 Å². The monoisotopic (exact) mass is 429 g/mol. The van der Waals surface area contributed by atoms with Crippen LogP contribution in [0.3, 0.4) is 0 Å². The van der Waals surface area contributed by atoms with Crippen LogP contribution in [0, 0.1) is 5.92 Å². The summed E-state index contributed by atoms with van der Waals surface area (Å²) in [5, 5.41) is 2.86. The van der Waals surface area contributed by atoms with E-state index in [1.807, 2.05) is 0 Å². The van der Waals surface area contributed by atoms with E-state index in [1.165, 1.54) is 7.11 Å². The lowest BCUT2D eigenvalue weighted by Crippen LogP contribution is -2.31. The Balaban J connectivity index is 1.70. The predicted molar refractivity (Wildman–Crippen MR) is 118 cm³/mol. The summed E-state index contributed by atoms with van der Waals surface area (Å²) in [4.78, 5) is 14.5. The summed E-state index contributed by atoms with van der Waals surface area (Å²) in [6.45, 7) is 1.62. The molecule has 1 saturated carbocycles. The molecule has 1 aliphatic heterocycles. The number of para-hydroxylation sites is 2. The van der Waals surface area contributed by atoms with Crippen LogP contribution in [-0.2, 0) is 14.8 Å². The van der Waals surface area contributed by atoms with Gasteiger partial charge in [0, 0.05) is 24.7 Å². The van der Waals surface area contributed by atoms with Gasteiger partial charge in [-0.05, 0) is 62.4 Å². The van der Waals surface area contributed by atoms with Gasteiger partial charge in [-0.3, -0.25) is 9.52 Å². The number of carbonyl (C=O) groups is 1. The molecular weight excluding hydrogens is 402 g/mol. The number of rotatable bonds is 7. The molecule has 1 aliphatic carbocycles. The average Bonchev–Trinajstić information content (AvgIpc) is 3.60. The van der Waals surface area contributed by atoms with E-state index in [2.05, 4.69) is 14.9 Å². The molecule has 0 radical (unpaired) electrons. The van der Waals surface area contributed by atoms with Crippen LogP contribution in [0.1, 0.15) is 32.1 Å². The lowest BCUT2D eigenvalue weighted by molar-refractivity contribution is -0.117. The Labute approximate surface area is 177 Å². The molecule has 160 valence electrons. The second kappa shape index (κ2) is 8.55. The Morgan fingerprint density at radius 1 is 1.07 bits per heavy atom. The molecule has 2 aliphatic rings. The van der Waals surface area contributed by atoms with E-state index >= 15 is 0 Å². The molecule has 0 atom stereocenters. The molecule has 8 heteroatoms. The topological polar surface area (TPSA) is 87.7 Å². The molecule has 0 spiro atoms. The van der Waals surface area contributed by atoms with Crippen molar-refractivity contribution in [3.8, 4) is 5.75 Å². The van der Waals surface area contributed by atoms with E-state index in [4.69, 9.17) is 4.74 Å². The third kappa shape index (κ3) is 4.53. The van der Waals surface area contributed by atoms with E-state index in [9.17, 15) is 13.2 Å². The number of anilines is 3. The minimum Gasteiger partial charge on any atom is -0.495 e. The number of hydrogen-bond acceptors (Lipinski definition) is 5. The number of hydrogen-bond donors (Lipinski definition) is 2. The van der Waals surface area contributed by atoms with Gasteiger partial charge in [0.15, 0.2) is 0 Å². The SMILES string of the molecule is COc1ccccc1NS(=O)(=O)c1cc(NC(=O)C2CC2)ccc1N1CCCCC1. The summed E-state index contributed by atoms with van der Waals surface area (Å²) in [6, 6.07) is 12.0. The van der Waals surface area contributed by atoms with Crippen molar-refractivity contribution in [3.05, 3.63) is 42.5 Å². The van der Waals surface area contributed by atoms with E-state index in [1.54, 1.807) is 42.5 Å². The minimum absolute atomic E-state index is 0.0403. The zero-order chi connectivity index (χ0) is 21.1. The molecule has 2 aromatic rings. The zero-order valence-corrected chi connectivity index (χ0v) is 17.9. The maximum absolute atomic E-state index is 13.4. The van der Waals surface area contributed by atoms with Gasteiger partial charge in [-0.1, -0.05) is 12.1 Å². The van der Waals surface area contributed by atoms with E-state index in [0.29, 0.717) is 22.8 Å². The van der Waals surface area contributed by atoms with Crippen LogP contribution >= 0.6 is 0 Å². The van der Waals surface area contributed by atoms with Gasteiger partial charge in [0.2, 0.25) is 5.91 Å². The number of benzene rings is 2. The number of methoxy groups -OCH3 is 1. The molecule has 30 heavy (non-hydrogen) atoms. The average molecular weight is 430 g/mol. The van der Waals surface area contributed by atoms with Crippen molar-refractivity contribution in [2.75, 3.05) is 35.1 Å². The number of carbonyl (C=O) groups excluding carboxylic acids is 1. The van der Waals surface area contributed by atoms with Gasteiger partial charge in [0.1, 0.15) is 10.6 Å². The highest BCUT2D eigenvalue weighted by Gasteiger charge is 2.30. The highest BCUT2D eigenvalue weighted by Crippen LogP contribution is 2.35. The van der Waals surface area contributed by atoms with Gasteiger partial charge in [0.05, 0.1) is 18.5 Å². The standard InChI is InChI=1S/C22H27N3O4S/c1-29-20-8-4-3-7-18(20)24-30(27,28)21-15-17(23-22(26)16-9-10-16)11-12-19(21)25-13-5-2-6-14-25/h3-4,7-8,11-12,15-16,24H,2,5-6,9-10,13-14H2,1H3,(H,23,26). The van der Waals surface area contributed by atoms with Gasteiger partial charge in [-0.25, -0.2) is 8.42 Å². The number of ether oxygens (including phenoxy) is 1. The number of nitrogens with one attached hydrogen (secondary N) is 2. The normalized spacial score (nSPS) is 16.8. The molecule has 0 unspecified atom stereocenters. The Kier molecular flexibility index (Phi) is 5.85. The molecule has 7 nitrogen and oxygen atoms in total. The fraction of sp³-hybridized carbons (Fsp3) is 0.409. The molecule has 0 aromatic heterocycles. The molecule has 1 saturated heterocycles. The van der Waals surface area contributed by atoms with Gasteiger partial charge in [-0.2, -0.15) is 0 Å². The molecule has 0 bridgehead atoms. The van der Waals surface area contributed by atoms with Crippen LogP contribution in [0.25, 0.3) is 0 Å². The molecule has 2 N–H and O–H groups in total. The minimum atomic E-state index is -3.91. The molecular formula is C22H27N3O4S. The predicted octanol–water partition coefficient (Wildman–Crippen LogP) is 3.83. The largest absolute Gasteiger partial charge is 0.495 e. The van der Waals surface area contributed by atoms with E-state index in [-0.39, 0.29) is 16.7 Å². The smallest absolute Gasteiger partial charge is 0.264 e. The lowest BCUT2D eigenvalue weighted by atomic mass is 10.1. The number of amides is 1. The highest BCUT2D eigenvalue weighted by atomic mass is 32.2. The van der Waals surface area contributed by atoms with Crippen molar-refractivity contribution in [3.63, 3.8) is 0 Å². The summed E-state index contributed by atoms with van der Waals surface area (Å²) in [6.07, 6.45) is 4.98. The van der Waals surface area contributed by atoms with Crippen molar-refractivity contribution in [1.82, 2.24) is 0 Å². The van der Waals surface area contributed by atoms with Crippen LogP contribution in [0.5, 0.6) is 5.75 Å². The van der Waals surface area contributed by atoms with Crippen molar-refractivity contribution in [1.29, 1.82) is 0 Å². The van der Waals surface area contributed by atoms with Crippen LogP contribution in [0.4, 0.5) is 17.1 Å². The first-order valence-corrected chi connectivity index (χ1v) is 11.8. The quantitative estimate of drug-likeness (QED) is 0.698. The zero-order valence-electron chi connectivity index (χ0n) is 17.1. The summed E-state index contributed by atoms with van der Waals surface area (Å²) >= 11 is 0. The lowest BCUT2D eigenvalue weighted by Gasteiger charge is -2.30. The van der Waals surface area contributed by atoms with Crippen LogP contribution in [-0.4, -0.2) is 34.5 Å². The fourth-order valence-corrected chi connectivity index (χ4v) is 5.04. The highest BCUT2D eigenvalue weighted by molar-refractivity contribution is 7.93. The molecule has 1 amide bonds. The summed E-state index contributed by atoms with van der Waals surface area (Å²) in [7, 11) is -2.41. The van der Waals surface area contributed by atoms with E-state index < -0.39 is 10.0 Å². The first-order valence-electron chi connectivity index (χ1n) is 10.3. The second-order valence-electron chi connectivity index (χ2n) is 7.80. The summed E-state index contributed by atoms with van der Waals surface area (Å²) in [5.74, 6) is 0.430. The first kappa shape index (κ1) is 20.5. The third-order valence-electron chi connectivity index (χ3n) is 5.51. The van der Waals surface area contributed by atoms with Crippen molar-refractivity contribution in [2.24, 2.45) is 5.92 Å². The summed E-state index contributed by atoms with van der Waals surface area (Å²) in [5.41, 5.74) is 1.52. The maximum atomic E-state index is 13.4. The Bertz CT molecular complexity index is 1030. The Morgan fingerprint density at radius 3 is 2.50 bits per heavy atom. The summed E-state index contributed by atoms with van der Waals surface area (Å²) < 4.78 is 34.8. The van der Waals surface area contributed by atoms with Crippen LogP contribution in [0.2, 0.25) is 0 Å². The number of piperidine rings is 1. The van der Waals surface area contributed by atoms with Crippen molar-refractivity contribution >= 4 is 33.0 Å². The number of sulfonamides is 1. The van der Waals surface area contributed by atoms with Crippen molar-refractivity contribution < 1.29 is 17.9 Å². The third-order valence-corrected chi connectivity index (χ3v) is 6.91. The van der Waals surface area contributed by atoms with Gasteiger partial charge in [0.25, 0.3) is 10.0 Å². The fourth-order valence-electron chi connectivity index (χ4n) is 3.72. The van der Waals surface area contributed by atoms with Crippen LogP contribution < -0.4 is 19.7 Å². The maximum Gasteiger partial charge on any atom is 0.264 e. The Hall–Kier alpha value is -2.74. The molecule has 1 heterocycles. The second-order valence-corrected chi connectivity index (χ2v) is 9.45. The van der Waals surface area contributed by atoms with E-state index in [0.717, 1.165) is 45.2 Å². The van der Waals surface area contributed by atoms with Gasteiger partial charge in [-0.15, -0.1) is 0 Å². The number of nitrogens with zero attached hydrogens (tertiary/aromatic N) is 1. The molecule has 2 fully saturated rings. The first-order chi connectivity index (χ1) is 14.5. The van der Waals surface area contributed by atoms with Crippen LogP contribution in [0.15, 0.2) is 47.4 Å². The Morgan fingerprint density at radius 2 is 1.80 bits per heavy atom.